The van der Waals surface area contributed by atoms with E-state index in [4.69, 9.17) is 16.3 Å². The first-order chi connectivity index (χ1) is 14.8. The number of hydrogen-bond donors (Lipinski definition) is 1. The molecule has 0 fully saturated rings. The molecule has 0 atom stereocenters. The summed E-state index contributed by atoms with van der Waals surface area (Å²) in [5.41, 5.74) is 0.817. The molecule has 0 unspecified atom stereocenters. The van der Waals surface area contributed by atoms with Crippen LogP contribution in [0.2, 0.25) is 5.02 Å². The maximum absolute atomic E-state index is 12.6. The lowest BCUT2D eigenvalue weighted by molar-refractivity contribution is -0.137. The smallest absolute Gasteiger partial charge is 0.416 e. The summed E-state index contributed by atoms with van der Waals surface area (Å²) in [4.78, 5) is 12.3. The van der Waals surface area contributed by atoms with Crippen molar-refractivity contribution >= 4 is 34.0 Å². The van der Waals surface area contributed by atoms with Crippen LogP contribution in [-0.4, -0.2) is 10.3 Å². The van der Waals surface area contributed by atoms with Gasteiger partial charge in [0.1, 0.15) is 16.5 Å². The quantitative estimate of drug-likeness (QED) is 0.382. The fourth-order valence-corrected chi connectivity index (χ4v) is 3.85. The van der Waals surface area contributed by atoms with Crippen LogP contribution in [-0.2, 0) is 23.8 Å². The van der Waals surface area contributed by atoms with Crippen molar-refractivity contribution in [1.82, 2.24) is 4.37 Å². The van der Waals surface area contributed by atoms with Crippen LogP contribution in [0, 0.1) is 0 Å². The average Bonchev–Trinajstić information content (AvgIpc) is 3.07. The molecular weight excluding hydrogens is 449 g/mol. The number of alkyl halides is 3. The molecule has 1 heterocycles. The molecule has 2 aromatic carbocycles. The Morgan fingerprint density at radius 3 is 2.29 bits per heavy atom. The summed E-state index contributed by atoms with van der Waals surface area (Å²) >= 11 is 7.46. The lowest BCUT2D eigenvalue weighted by Gasteiger charge is -2.09. The number of halogens is 4. The second kappa shape index (κ2) is 10.2. The predicted octanol–water partition coefficient (Wildman–Crippen LogP) is 7.13. The Bertz CT molecular complexity index is 1020. The van der Waals surface area contributed by atoms with Gasteiger partial charge < -0.3 is 10.1 Å². The minimum Gasteiger partial charge on any atom is -0.457 e. The Morgan fingerprint density at radius 2 is 1.71 bits per heavy atom. The highest BCUT2D eigenvalue weighted by Crippen LogP contribution is 2.32. The molecule has 0 bridgehead atoms. The first kappa shape index (κ1) is 23.1. The number of hydrogen-bond acceptors (Lipinski definition) is 4. The number of anilines is 1. The van der Waals surface area contributed by atoms with Crippen LogP contribution in [0.1, 0.15) is 36.6 Å². The highest BCUT2D eigenvalue weighted by molar-refractivity contribution is 7.11. The van der Waals surface area contributed by atoms with Gasteiger partial charge in [0, 0.05) is 0 Å². The van der Waals surface area contributed by atoms with Crippen LogP contribution in [0.15, 0.2) is 48.5 Å². The van der Waals surface area contributed by atoms with Crippen molar-refractivity contribution in [2.75, 3.05) is 5.32 Å². The Hall–Kier alpha value is -2.58. The topological polar surface area (TPSA) is 51.2 Å². The molecule has 0 saturated heterocycles. The number of benzene rings is 2. The third kappa shape index (κ3) is 6.45. The van der Waals surface area contributed by atoms with Gasteiger partial charge in [0.2, 0.25) is 5.91 Å². The number of rotatable bonds is 8. The zero-order valence-electron chi connectivity index (χ0n) is 16.6. The number of nitrogens with one attached hydrogen (secondary N) is 1. The number of unbranched alkanes of at least 4 members (excludes halogenated alkanes) is 1. The summed E-state index contributed by atoms with van der Waals surface area (Å²) in [6.07, 6.45) is -1.45. The maximum atomic E-state index is 12.6. The largest absolute Gasteiger partial charge is 0.457 e. The average molecular weight is 469 g/mol. The molecule has 164 valence electrons. The van der Waals surface area contributed by atoms with Gasteiger partial charge in [0.15, 0.2) is 0 Å². The van der Waals surface area contributed by atoms with E-state index in [1.807, 2.05) is 0 Å². The zero-order chi connectivity index (χ0) is 22.4. The van der Waals surface area contributed by atoms with E-state index in [1.165, 1.54) is 23.7 Å². The van der Waals surface area contributed by atoms with E-state index < -0.39 is 11.7 Å². The van der Waals surface area contributed by atoms with Gasteiger partial charge in [-0.15, -0.1) is 0 Å². The Morgan fingerprint density at radius 1 is 1.10 bits per heavy atom. The van der Waals surface area contributed by atoms with Gasteiger partial charge in [-0.25, -0.2) is 0 Å². The third-order valence-electron chi connectivity index (χ3n) is 4.43. The van der Waals surface area contributed by atoms with Crippen molar-refractivity contribution in [3.05, 3.63) is 70.4 Å². The van der Waals surface area contributed by atoms with Crippen LogP contribution in [0.3, 0.4) is 0 Å². The van der Waals surface area contributed by atoms with Gasteiger partial charge in [-0.05, 0) is 66.3 Å². The van der Waals surface area contributed by atoms with Crippen molar-refractivity contribution in [3.8, 4) is 11.5 Å². The zero-order valence-corrected chi connectivity index (χ0v) is 18.2. The van der Waals surface area contributed by atoms with Gasteiger partial charge in [0.05, 0.1) is 22.7 Å². The molecule has 0 aliphatic heterocycles. The van der Waals surface area contributed by atoms with Crippen molar-refractivity contribution in [2.45, 2.75) is 38.8 Å². The number of amides is 1. The van der Waals surface area contributed by atoms with E-state index in [0.29, 0.717) is 15.8 Å². The normalized spacial score (nSPS) is 11.4. The standard InChI is InChI=1S/C22H20ClF3N2O2S/c1-2-3-4-18-20(23)21(31-28-18)27-19(29)13-14-5-9-16(10-6-14)30-17-11-7-15(8-12-17)22(24,25)26/h5-12H,2-4,13H2,1H3,(H,27,29). The number of aromatic nitrogens is 1. The van der Waals surface area contributed by atoms with E-state index in [-0.39, 0.29) is 18.1 Å². The molecule has 31 heavy (non-hydrogen) atoms. The summed E-state index contributed by atoms with van der Waals surface area (Å²) < 4.78 is 47.7. The molecule has 3 rings (SSSR count). The number of ether oxygens (including phenoxy) is 1. The van der Waals surface area contributed by atoms with Crippen LogP contribution in [0.25, 0.3) is 0 Å². The molecule has 1 N–H and O–H groups in total. The highest BCUT2D eigenvalue weighted by Gasteiger charge is 2.30. The maximum Gasteiger partial charge on any atom is 0.416 e. The molecule has 0 radical (unpaired) electrons. The first-order valence-electron chi connectivity index (χ1n) is 9.64. The van der Waals surface area contributed by atoms with Gasteiger partial charge in [-0.1, -0.05) is 37.1 Å². The van der Waals surface area contributed by atoms with E-state index in [2.05, 4.69) is 16.6 Å². The summed E-state index contributed by atoms with van der Waals surface area (Å²) in [5, 5.41) is 3.82. The number of carbonyl (C=O) groups excluding carboxylic acids is 1. The van der Waals surface area contributed by atoms with Gasteiger partial charge in [-0.2, -0.15) is 17.5 Å². The lowest BCUT2D eigenvalue weighted by atomic mass is 10.1. The van der Waals surface area contributed by atoms with Crippen molar-refractivity contribution in [3.63, 3.8) is 0 Å². The van der Waals surface area contributed by atoms with E-state index in [0.717, 1.165) is 42.7 Å². The van der Waals surface area contributed by atoms with Crippen LogP contribution in [0.5, 0.6) is 11.5 Å². The molecule has 1 amide bonds. The van der Waals surface area contributed by atoms with E-state index in [1.54, 1.807) is 24.3 Å². The molecule has 4 nitrogen and oxygen atoms in total. The van der Waals surface area contributed by atoms with E-state index in [9.17, 15) is 18.0 Å². The Balaban J connectivity index is 1.55. The summed E-state index contributed by atoms with van der Waals surface area (Å²) in [6.45, 7) is 2.09. The Labute approximate surface area is 187 Å². The second-order valence-corrected chi connectivity index (χ2v) is 8.02. The molecule has 9 heteroatoms. The molecule has 0 spiro atoms. The van der Waals surface area contributed by atoms with E-state index >= 15 is 0 Å². The molecule has 3 aromatic rings. The van der Waals surface area contributed by atoms with Crippen molar-refractivity contribution in [2.24, 2.45) is 0 Å². The van der Waals surface area contributed by atoms with Crippen molar-refractivity contribution < 1.29 is 22.7 Å². The third-order valence-corrected chi connectivity index (χ3v) is 5.74. The highest BCUT2D eigenvalue weighted by atomic mass is 35.5. The number of carbonyl (C=O) groups is 1. The monoisotopic (exact) mass is 468 g/mol. The molecule has 0 aliphatic carbocycles. The Kier molecular flexibility index (Phi) is 7.56. The van der Waals surface area contributed by atoms with Gasteiger partial charge in [0.25, 0.3) is 0 Å². The fourth-order valence-electron chi connectivity index (χ4n) is 2.77. The molecule has 0 saturated carbocycles. The predicted molar refractivity (Wildman–Crippen MR) is 116 cm³/mol. The molecular formula is C22H20ClF3N2O2S. The molecule has 1 aromatic heterocycles. The fraction of sp³-hybridized carbons (Fsp3) is 0.273. The van der Waals surface area contributed by atoms with Gasteiger partial charge >= 0.3 is 6.18 Å². The first-order valence-corrected chi connectivity index (χ1v) is 10.8. The SMILES string of the molecule is CCCCc1nsc(NC(=O)Cc2ccc(Oc3ccc(C(F)(F)F)cc3)cc2)c1Cl. The summed E-state index contributed by atoms with van der Waals surface area (Å²) in [6, 6.07) is 11.2. The summed E-state index contributed by atoms with van der Waals surface area (Å²) in [7, 11) is 0. The van der Waals surface area contributed by atoms with Crippen LogP contribution >= 0.6 is 23.1 Å². The lowest BCUT2D eigenvalue weighted by Crippen LogP contribution is -2.13. The van der Waals surface area contributed by atoms with Crippen LogP contribution in [0.4, 0.5) is 18.2 Å². The second-order valence-electron chi connectivity index (χ2n) is 6.87. The number of aryl methyl sites for hydroxylation is 1. The minimum atomic E-state index is -4.39. The minimum absolute atomic E-state index is 0.138. The van der Waals surface area contributed by atoms with Crippen LogP contribution < -0.4 is 10.1 Å². The number of nitrogens with zero attached hydrogens (tertiary/aromatic N) is 1. The van der Waals surface area contributed by atoms with Crippen molar-refractivity contribution in [1.29, 1.82) is 0 Å². The molecule has 0 aliphatic rings. The summed E-state index contributed by atoms with van der Waals surface area (Å²) in [5.74, 6) is 0.524. The van der Waals surface area contributed by atoms with Gasteiger partial charge in [-0.3, -0.25) is 4.79 Å².